The number of para-hydroxylation sites is 2. The molecule has 32 heavy (non-hydrogen) atoms. The Morgan fingerprint density at radius 1 is 0.594 bits per heavy atom. The largest absolute Gasteiger partial charge is 0.361 e. The average Bonchev–Trinajstić information content (AvgIpc) is 3.36. The molecule has 0 radical (unpaired) electrons. The average molecular weight is 436 g/mol. The molecule has 0 aliphatic heterocycles. The summed E-state index contributed by atoms with van der Waals surface area (Å²) in [5.41, 5.74) is 5.20. The van der Waals surface area contributed by atoms with Crippen molar-refractivity contribution in [2.45, 2.75) is 81.1 Å². The van der Waals surface area contributed by atoms with Crippen LogP contribution in [0.15, 0.2) is 54.9 Å². The fourth-order valence-corrected chi connectivity index (χ4v) is 3.06. The Kier molecular flexibility index (Phi) is 11.8. The van der Waals surface area contributed by atoms with Crippen molar-refractivity contribution in [3.8, 4) is 0 Å². The van der Waals surface area contributed by atoms with E-state index in [4.69, 9.17) is 0 Å². The fraction of sp³-hybridized carbons (Fsp3) is 0.483. The zero-order valence-electron chi connectivity index (χ0n) is 22.0. The Morgan fingerprint density at radius 3 is 1.56 bits per heavy atom. The summed E-state index contributed by atoms with van der Waals surface area (Å²) in [6.07, 6.45) is 3.86. The molecule has 2 aromatic heterocycles. The van der Waals surface area contributed by atoms with Gasteiger partial charge in [-0.05, 0) is 46.3 Å². The van der Waals surface area contributed by atoms with Gasteiger partial charge in [-0.1, -0.05) is 106 Å². The molecule has 0 saturated heterocycles. The van der Waals surface area contributed by atoms with E-state index < -0.39 is 0 Å². The van der Waals surface area contributed by atoms with Gasteiger partial charge in [0, 0.05) is 17.1 Å². The molecule has 0 bridgehead atoms. The minimum absolute atomic E-state index is 0.550. The zero-order valence-corrected chi connectivity index (χ0v) is 22.0. The highest BCUT2D eigenvalue weighted by Gasteiger charge is 2.05. The van der Waals surface area contributed by atoms with Crippen LogP contribution >= 0.6 is 0 Å². The molecule has 0 saturated carbocycles. The van der Waals surface area contributed by atoms with Crippen molar-refractivity contribution in [3.63, 3.8) is 0 Å². The maximum Gasteiger partial charge on any atom is 0.0684 e. The number of nitrogens with one attached hydrogen (secondary N) is 2. The van der Waals surface area contributed by atoms with Gasteiger partial charge in [-0.2, -0.15) is 5.10 Å². The Labute approximate surface area is 196 Å². The zero-order chi connectivity index (χ0) is 24.3. The number of benzene rings is 2. The van der Waals surface area contributed by atoms with Gasteiger partial charge in [0.05, 0.1) is 11.7 Å². The summed E-state index contributed by atoms with van der Waals surface area (Å²) in [6.45, 7) is 21.8. The van der Waals surface area contributed by atoms with Crippen molar-refractivity contribution < 1.29 is 0 Å². The first kappa shape index (κ1) is 27.5. The molecule has 3 heteroatoms. The minimum Gasteiger partial charge on any atom is -0.361 e. The molecule has 4 rings (SSSR count). The van der Waals surface area contributed by atoms with Crippen LogP contribution < -0.4 is 0 Å². The van der Waals surface area contributed by atoms with Crippen molar-refractivity contribution >= 4 is 21.8 Å². The molecule has 0 unspecified atom stereocenters. The summed E-state index contributed by atoms with van der Waals surface area (Å²) >= 11 is 0. The first-order valence-electron chi connectivity index (χ1n) is 12.0. The second kappa shape index (κ2) is 13.8. The van der Waals surface area contributed by atoms with Crippen molar-refractivity contribution in [1.29, 1.82) is 0 Å². The second-order valence-electron chi connectivity index (χ2n) is 10.2. The van der Waals surface area contributed by atoms with E-state index in [0.717, 1.165) is 11.8 Å². The number of aromatic amines is 2. The molecule has 4 aromatic rings. The summed E-state index contributed by atoms with van der Waals surface area (Å²) in [5.74, 6) is 2.81. The third-order valence-corrected chi connectivity index (χ3v) is 4.37. The first-order valence-corrected chi connectivity index (χ1v) is 12.0. The van der Waals surface area contributed by atoms with Crippen LogP contribution in [0, 0.1) is 11.8 Å². The topological polar surface area (TPSA) is 44.5 Å². The van der Waals surface area contributed by atoms with Crippen LogP contribution in [0.2, 0.25) is 0 Å². The highest BCUT2D eigenvalue weighted by Crippen LogP contribution is 2.24. The summed E-state index contributed by atoms with van der Waals surface area (Å²) in [4.78, 5) is 3.27. The van der Waals surface area contributed by atoms with Crippen molar-refractivity contribution in [3.05, 3.63) is 66.0 Å². The van der Waals surface area contributed by atoms with Gasteiger partial charge in [0.1, 0.15) is 0 Å². The van der Waals surface area contributed by atoms with E-state index in [1.54, 1.807) is 0 Å². The fourth-order valence-electron chi connectivity index (χ4n) is 3.06. The lowest BCUT2D eigenvalue weighted by Gasteiger charge is -2.05. The number of fused-ring (bicyclic) bond motifs is 2. The highest BCUT2D eigenvalue weighted by atomic mass is 15.1. The third kappa shape index (κ3) is 9.30. The summed E-state index contributed by atoms with van der Waals surface area (Å²) in [6, 6.07) is 14.8. The Balaban J connectivity index is 0.000000242. The molecule has 176 valence electrons. The molecule has 2 aromatic carbocycles. The van der Waals surface area contributed by atoms with Gasteiger partial charge < -0.3 is 4.98 Å². The summed E-state index contributed by atoms with van der Waals surface area (Å²) in [5, 5.41) is 9.54. The van der Waals surface area contributed by atoms with E-state index in [9.17, 15) is 0 Å². The molecule has 0 atom stereocenters. The third-order valence-electron chi connectivity index (χ3n) is 4.37. The van der Waals surface area contributed by atoms with E-state index in [1.807, 2.05) is 12.4 Å². The van der Waals surface area contributed by atoms with Crippen LogP contribution in [-0.4, -0.2) is 15.2 Å². The first-order chi connectivity index (χ1) is 15.0. The van der Waals surface area contributed by atoms with Crippen molar-refractivity contribution in [2.75, 3.05) is 0 Å². The normalized spacial score (nSPS) is 10.7. The van der Waals surface area contributed by atoms with Gasteiger partial charge in [0.2, 0.25) is 0 Å². The Bertz CT molecular complexity index is 929. The molecular weight excluding hydrogens is 390 g/mol. The Hall–Kier alpha value is -2.55. The number of H-pyrrole nitrogens is 2. The van der Waals surface area contributed by atoms with Gasteiger partial charge in [0.15, 0.2) is 0 Å². The molecule has 0 aliphatic rings. The molecule has 0 aliphatic carbocycles. The Morgan fingerprint density at radius 2 is 1.06 bits per heavy atom. The summed E-state index contributed by atoms with van der Waals surface area (Å²) < 4.78 is 0. The van der Waals surface area contributed by atoms with Crippen LogP contribution in [0.25, 0.3) is 21.8 Å². The lowest BCUT2D eigenvalue weighted by Crippen LogP contribution is -1.88. The van der Waals surface area contributed by atoms with Gasteiger partial charge >= 0.3 is 0 Å². The standard InChI is InChI=1S/C11H13N.C10H12N2.2C4H10/c1-8(2)10-5-3-4-9-6-7-12-11(9)10;1-7(2)9-5-3-4-8-6-11-12-10(8)9;2*1-4(2)3/h3-8,12H,1-2H3;3-7H,1-2H3,(H,11,12);2*4H,1-3H3. The number of hydrogen-bond donors (Lipinski definition) is 2. The molecular formula is C29H45N3. The number of nitrogens with zero attached hydrogens (tertiary/aromatic N) is 1. The van der Waals surface area contributed by atoms with E-state index in [2.05, 4.69) is 127 Å². The monoisotopic (exact) mass is 435 g/mol. The van der Waals surface area contributed by atoms with E-state index >= 15 is 0 Å². The van der Waals surface area contributed by atoms with Gasteiger partial charge in [-0.15, -0.1) is 0 Å². The smallest absolute Gasteiger partial charge is 0.0684 e. The maximum absolute atomic E-state index is 4.02. The van der Waals surface area contributed by atoms with E-state index in [1.165, 1.54) is 32.9 Å². The van der Waals surface area contributed by atoms with Crippen LogP contribution in [0.4, 0.5) is 0 Å². The van der Waals surface area contributed by atoms with Crippen molar-refractivity contribution in [2.24, 2.45) is 11.8 Å². The lowest BCUT2D eigenvalue weighted by molar-refractivity contribution is 0.736. The predicted octanol–water partition coefficient (Wildman–Crippen LogP) is 9.30. The van der Waals surface area contributed by atoms with Crippen LogP contribution in [0.3, 0.4) is 0 Å². The van der Waals surface area contributed by atoms with Crippen LogP contribution in [-0.2, 0) is 0 Å². The molecule has 0 spiro atoms. The van der Waals surface area contributed by atoms with Crippen LogP contribution in [0.1, 0.15) is 92.2 Å². The number of aromatic nitrogens is 3. The minimum atomic E-state index is 0.550. The predicted molar refractivity (Wildman–Crippen MR) is 144 cm³/mol. The van der Waals surface area contributed by atoms with Gasteiger partial charge in [-0.25, -0.2) is 0 Å². The highest BCUT2D eigenvalue weighted by molar-refractivity contribution is 5.83. The van der Waals surface area contributed by atoms with E-state index in [-0.39, 0.29) is 0 Å². The number of hydrogen-bond acceptors (Lipinski definition) is 1. The maximum atomic E-state index is 4.02. The SMILES string of the molecule is CC(C)C.CC(C)C.CC(C)c1cccc2cc[nH]c12.CC(C)c1cccc2cn[nH]c12. The molecule has 0 fully saturated rings. The lowest BCUT2D eigenvalue weighted by atomic mass is 10.0. The molecule has 0 amide bonds. The molecule has 3 nitrogen and oxygen atoms in total. The van der Waals surface area contributed by atoms with Gasteiger partial charge in [-0.3, -0.25) is 5.10 Å². The van der Waals surface area contributed by atoms with Crippen molar-refractivity contribution in [1.82, 2.24) is 15.2 Å². The van der Waals surface area contributed by atoms with E-state index in [0.29, 0.717) is 11.8 Å². The van der Waals surface area contributed by atoms with Crippen LogP contribution in [0.5, 0.6) is 0 Å². The molecule has 2 heterocycles. The quantitative estimate of drug-likeness (QED) is 0.323. The number of rotatable bonds is 2. The molecule has 2 N–H and O–H groups in total. The summed E-state index contributed by atoms with van der Waals surface area (Å²) in [7, 11) is 0. The van der Waals surface area contributed by atoms with Gasteiger partial charge in [0.25, 0.3) is 0 Å². The second-order valence-corrected chi connectivity index (χ2v) is 10.2.